The Morgan fingerprint density at radius 3 is 2.16 bits per heavy atom. The van der Waals surface area contributed by atoms with Crippen LogP contribution in [0.3, 0.4) is 0 Å². The topological polar surface area (TPSA) is 160 Å². The molecule has 4 saturated heterocycles. The van der Waals surface area contributed by atoms with E-state index in [0.717, 1.165) is 114 Å². The van der Waals surface area contributed by atoms with Gasteiger partial charge >= 0.3 is 11.9 Å². The van der Waals surface area contributed by atoms with Crippen molar-refractivity contribution in [2.24, 2.45) is 13.0 Å². The van der Waals surface area contributed by atoms with Gasteiger partial charge in [0.1, 0.15) is 29.8 Å². The van der Waals surface area contributed by atoms with Gasteiger partial charge < -0.3 is 24.8 Å². The number of nitrogen functional groups attached to an aromatic ring is 1. The van der Waals surface area contributed by atoms with Gasteiger partial charge in [-0.2, -0.15) is 13.2 Å². The lowest BCUT2D eigenvalue weighted by Crippen LogP contribution is -2.48. The van der Waals surface area contributed by atoms with Crippen LogP contribution in [0.4, 0.5) is 19.0 Å². The van der Waals surface area contributed by atoms with E-state index in [9.17, 15) is 32.3 Å². The lowest BCUT2D eigenvalue weighted by Gasteiger charge is -2.39. The van der Waals surface area contributed by atoms with Crippen LogP contribution >= 0.6 is 0 Å². The van der Waals surface area contributed by atoms with E-state index in [4.69, 9.17) is 15.5 Å². The zero-order valence-corrected chi connectivity index (χ0v) is 45.1. The van der Waals surface area contributed by atoms with Gasteiger partial charge in [-0.3, -0.25) is 38.2 Å². The van der Waals surface area contributed by atoms with Crippen molar-refractivity contribution < 1.29 is 32.3 Å². The van der Waals surface area contributed by atoms with E-state index < -0.39 is 36.3 Å². The molecule has 414 valence electrons. The number of carbonyl (C=O) groups excluding carboxylic acids is 3. The molecule has 4 aliphatic heterocycles. The Labute approximate surface area is 457 Å². The number of alkyl halides is 3. The van der Waals surface area contributed by atoms with Gasteiger partial charge in [-0.1, -0.05) is 30.3 Å². The summed E-state index contributed by atoms with van der Waals surface area (Å²) in [7, 11) is 3.63. The van der Waals surface area contributed by atoms with E-state index >= 15 is 0 Å². The summed E-state index contributed by atoms with van der Waals surface area (Å²) in [5.74, 6) is 1.05. The highest BCUT2D eigenvalue weighted by atomic mass is 19.4. The van der Waals surface area contributed by atoms with Crippen LogP contribution in [0.2, 0.25) is 0 Å². The molecule has 3 aromatic carbocycles. The molecule has 0 spiro atoms. The van der Waals surface area contributed by atoms with Crippen LogP contribution < -0.4 is 16.2 Å². The number of rotatable bonds is 14. The van der Waals surface area contributed by atoms with Gasteiger partial charge in [0.25, 0.3) is 11.8 Å². The lowest BCUT2D eigenvalue weighted by atomic mass is 9.88. The average molecular weight is 1080 g/mol. The third-order valence-electron chi connectivity index (χ3n) is 17.1. The summed E-state index contributed by atoms with van der Waals surface area (Å²) in [5.41, 5.74) is 13.0. The molecule has 11 rings (SSSR count). The quantitative estimate of drug-likeness (QED) is 0.104. The summed E-state index contributed by atoms with van der Waals surface area (Å²) >= 11 is 0. The van der Waals surface area contributed by atoms with Crippen LogP contribution in [0, 0.1) is 5.92 Å². The summed E-state index contributed by atoms with van der Waals surface area (Å²) in [6.07, 6.45) is 2.89. The molecule has 0 saturated carbocycles. The maximum absolute atomic E-state index is 14.0. The highest BCUT2D eigenvalue weighted by Crippen LogP contribution is 2.37. The number of aromatic nitrogens is 5. The van der Waals surface area contributed by atoms with Crippen molar-refractivity contribution in [1.29, 1.82) is 0 Å². The summed E-state index contributed by atoms with van der Waals surface area (Å²) in [6, 6.07) is 27.5. The lowest BCUT2D eigenvalue weighted by molar-refractivity contribution is -0.151. The van der Waals surface area contributed by atoms with E-state index in [-0.39, 0.29) is 42.4 Å². The number of methoxy groups -OCH3 is 1. The number of nitrogens with zero attached hydrogens (tertiary/aromatic N) is 10. The Bertz CT molecular complexity index is 3410. The van der Waals surface area contributed by atoms with Gasteiger partial charge in [0.2, 0.25) is 5.91 Å². The number of piperazine rings is 1. The van der Waals surface area contributed by atoms with E-state index in [1.165, 1.54) is 18.4 Å². The first kappa shape index (κ1) is 53.6. The molecule has 3 amide bonds. The number of carbonyl (C=O) groups is 3. The molecular weight excluding hydrogens is 1010 g/mol. The van der Waals surface area contributed by atoms with Gasteiger partial charge in [-0.15, -0.1) is 0 Å². The van der Waals surface area contributed by atoms with E-state index in [2.05, 4.69) is 56.4 Å². The second-order valence-electron chi connectivity index (χ2n) is 22.0. The number of ether oxygens (including phenoxy) is 1. The number of fused-ring (bicyclic) bond motifs is 2. The zero-order chi connectivity index (χ0) is 55.1. The smallest absolute Gasteiger partial charge is 0.406 e. The highest BCUT2D eigenvalue weighted by Gasteiger charge is 2.39. The number of imidazole rings is 1. The van der Waals surface area contributed by atoms with Crippen LogP contribution in [0.5, 0.6) is 5.75 Å². The number of halogens is 3. The molecule has 4 aromatic heterocycles. The molecule has 4 fully saturated rings. The maximum atomic E-state index is 14.0. The predicted octanol–water partition coefficient (Wildman–Crippen LogP) is 8.41. The van der Waals surface area contributed by atoms with Crippen molar-refractivity contribution in [3.8, 4) is 16.9 Å². The molecule has 19 heteroatoms. The number of anilines is 1. The number of piperidine rings is 3. The van der Waals surface area contributed by atoms with Gasteiger partial charge in [0.05, 0.1) is 24.7 Å². The SMILES string of the molecule is COc1ccc(CN2C(=O)CCC(n3c(=O)n(CC(F)(F)F)c4cc(CN5CCN(CC6CCN(C(=O)c7ccc(C8CCN([C@@H](C)c9cc%10c(-c%11ccc(N)nc%11)ccnc%10n9C)CC8)cc7)CC6)CC5)ccc43)C2=O)cc1. The van der Waals surface area contributed by atoms with Crippen molar-refractivity contribution in [3.63, 3.8) is 0 Å². The van der Waals surface area contributed by atoms with Gasteiger partial charge in [0, 0.05) is 106 Å². The highest BCUT2D eigenvalue weighted by molar-refractivity contribution is 6.00. The van der Waals surface area contributed by atoms with Crippen molar-refractivity contribution >= 4 is 45.6 Å². The minimum Gasteiger partial charge on any atom is -0.497 e. The number of aryl methyl sites for hydroxylation is 1. The molecule has 7 aromatic rings. The molecule has 0 radical (unpaired) electrons. The number of imide groups is 1. The van der Waals surface area contributed by atoms with Crippen LogP contribution in [0.1, 0.15) is 96.2 Å². The van der Waals surface area contributed by atoms with Gasteiger partial charge in [-0.25, -0.2) is 14.8 Å². The van der Waals surface area contributed by atoms with E-state index in [1.807, 2.05) is 53.7 Å². The minimum atomic E-state index is -4.69. The first-order chi connectivity index (χ1) is 38.1. The van der Waals surface area contributed by atoms with Crippen LogP contribution in [0.15, 0.2) is 108 Å². The van der Waals surface area contributed by atoms with Crippen molar-refractivity contribution in [2.45, 2.75) is 89.3 Å². The zero-order valence-electron chi connectivity index (χ0n) is 45.1. The molecule has 0 aliphatic carbocycles. The minimum absolute atomic E-state index is 0.00261. The Hall–Kier alpha value is -7.35. The first-order valence-corrected chi connectivity index (χ1v) is 27.6. The largest absolute Gasteiger partial charge is 0.497 e. The van der Waals surface area contributed by atoms with Crippen LogP contribution in [-0.2, 0) is 36.3 Å². The fraction of sp³-hybridized carbons (Fsp3) is 0.433. The maximum Gasteiger partial charge on any atom is 0.406 e. The number of amides is 3. The third-order valence-corrected chi connectivity index (χ3v) is 17.1. The fourth-order valence-corrected chi connectivity index (χ4v) is 12.6. The summed E-state index contributed by atoms with van der Waals surface area (Å²) in [4.78, 5) is 74.1. The fourth-order valence-electron chi connectivity index (χ4n) is 12.6. The van der Waals surface area contributed by atoms with Gasteiger partial charge in [0.15, 0.2) is 0 Å². The Morgan fingerprint density at radius 2 is 1.48 bits per heavy atom. The molecular formula is C60H68F3N11O5. The number of pyridine rings is 2. The molecule has 16 nitrogen and oxygen atoms in total. The summed E-state index contributed by atoms with van der Waals surface area (Å²) < 4.78 is 51.4. The Morgan fingerprint density at radius 1 is 0.772 bits per heavy atom. The van der Waals surface area contributed by atoms with E-state index in [1.54, 1.807) is 36.4 Å². The van der Waals surface area contributed by atoms with Gasteiger partial charge in [-0.05, 0) is 147 Å². The van der Waals surface area contributed by atoms with E-state index in [0.29, 0.717) is 53.2 Å². The second-order valence-corrected chi connectivity index (χ2v) is 22.0. The molecule has 8 heterocycles. The predicted molar refractivity (Wildman–Crippen MR) is 296 cm³/mol. The molecule has 0 bridgehead atoms. The second kappa shape index (κ2) is 22.4. The number of hydrogen-bond donors (Lipinski definition) is 1. The third kappa shape index (κ3) is 11.3. The molecule has 2 atom stereocenters. The average Bonchev–Trinajstić information content (AvgIpc) is 4.11. The number of hydrogen-bond acceptors (Lipinski definition) is 11. The van der Waals surface area contributed by atoms with Crippen molar-refractivity contribution in [2.75, 3.05) is 71.7 Å². The molecule has 1 unspecified atom stereocenters. The Kier molecular flexibility index (Phi) is 15.2. The van der Waals surface area contributed by atoms with Crippen LogP contribution in [-0.4, -0.2) is 138 Å². The number of likely N-dealkylation sites (tertiary alicyclic amines) is 3. The van der Waals surface area contributed by atoms with Crippen molar-refractivity contribution in [3.05, 3.63) is 142 Å². The normalized spacial score (nSPS) is 19.2. The van der Waals surface area contributed by atoms with Crippen molar-refractivity contribution in [1.82, 2.24) is 48.2 Å². The molecule has 79 heavy (non-hydrogen) atoms. The standard InChI is InChI=1S/C60H68F3N11O5/c1-39(52-33-49-48(18-23-65-56(49)67(52)2)46-11-16-54(64)66-34-46)70-26-21-44(22-27-70)43-7-9-45(10-8-43)57(76)71-24-19-41(20-25-71)35-68-28-30-69(31-29-68)36-42-6-14-50-53(32-42)73(38-60(61,62)63)59(78)74(50)51-15-17-55(75)72(58(51)77)37-40-4-12-47(79-3)13-5-40/h4-14,16,18,23,32-34,39,41,44,51H,15,17,19-22,24-31,35-38H2,1-3H3,(H2,64,66)/t39-,51?/m0/s1. The monoisotopic (exact) mass is 1080 g/mol. The summed E-state index contributed by atoms with van der Waals surface area (Å²) in [6.45, 7) is 8.75. The summed E-state index contributed by atoms with van der Waals surface area (Å²) in [5, 5.41) is 1.10. The Balaban J connectivity index is 0.648. The first-order valence-electron chi connectivity index (χ1n) is 27.6. The number of benzene rings is 3. The molecule has 2 N–H and O–H groups in total. The molecule has 4 aliphatic rings. The number of nitrogens with two attached hydrogens (primary N) is 1. The van der Waals surface area contributed by atoms with Crippen LogP contribution in [0.25, 0.3) is 33.2 Å².